The molecule has 204 valence electrons. The van der Waals surface area contributed by atoms with Gasteiger partial charge in [-0.2, -0.15) is 0 Å². The second kappa shape index (κ2) is 13.1. The lowest BCUT2D eigenvalue weighted by molar-refractivity contribution is -0.138. The fourth-order valence-electron chi connectivity index (χ4n) is 5.44. The molecule has 0 saturated heterocycles. The van der Waals surface area contributed by atoms with Crippen molar-refractivity contribution in [2.24, 2.45) is 5.92 Å². The number of ether oxygens (including phenoxy) is 1. The standard InChI is InChI=1S/C30H37ClN2O5/c1-2-23-17-22(7-12-27(23)38-16-15-33-28(34)13-14-29(33)35)20-32(19-21-5-3-4-6-21)26(18-30(36)37)24-8-10-25(31)11-9-24/h7-14,17,21,26,34-35H,2-6,15-16,18-20H2,1H3,(H,36,37)/t26-/m1/s1. The molecule has 0 aliphatic heterocycles. The van der Waals surface area contributed by atoms with E-state index in [0.717, 1.165) is 35.4 Å². The molecule has 0 radical (unpaired) electrons. The monoisotopic (exact) mass is 540 g/mol. The van der Waals surface area contributed by atoms with Gasteiger partial charge in [0.05, 0.1) is 13.0 Å². The first-order valence-corrected chi connectivity index (χ1v) is 13.7. The zero-order valence-corrected chi connectivity index (χ0v) is 22.6. The number of aromatic hydroxyl groups is 2. The van der Waals surface area contributed by atoms with Crippen molar-refractivity contribution in [1.82, 2.24) is 9.47 Å². The van der Waals surface area contributed by atoms with Gasteiger partial charge in [-0.25, -0.2) is 0 Å². The predicted molar refractivity (Wildman–Crippen MR) is 148 cm³/mol. The van der Waals surface area contributed by atoms with Crippen LogP contribution in [0.25, 0.3) is 0 Å². The number of hydrogen-bond donors (Lipinski definition) is 3. The number of hydrogen-bond acceptors (Lipinski definition) is 5. The van der Waals surface area contributed by atoms with E-state index in [9.17, 15) is 20.1 Å². The zero-order chi connectivity index (χ0) is 27.1. The molecule has 3 N–H and O–H groups in total. The van der Waals surface area contributed by atoms with Crippen LogP contribution in [0.2, 0.25) is 5.02 Å². The van der Waals surface area contributed by atoms with Gasteiger partial charge in [-0.05, 0) is 60.1 Å². The Bertz CT molecular complexity index is 1180. The van der Waals surface area contributed by atoms with Crippen molar-refractivity contribution < 1.29 is 24.9 Å². The fraction of sp³-hybridized carbons (Fsp3) is 0.433. The molecule has 1 heterocycles. The Morgan fingerprint density at radius 1 is 1.08 bits per heavy atom. The molecule has 1 aliphatic carbocycles. The number of carboxylic acids is 1. The highest BCUT2D eigenvalue weighted by atomic mass is 35.5. The molecular formula is C30H37ClN2O5. The highest BCUT2D eigenvalue weighted by Crippen LogP contribution is 2.33. The summed E-state index contributed by atoms with van der Waals surface area (Å²) >= 11 is 6.13. The van der Waals surface area contributed by atoms with Crippen LogP contribution in [0.5, 0.6) is 17.5 Å². The molecule has 3 aromatic rings. The van der Waals surface area contributed by atoms with Crippen molar-refractivity contribution in [3.05, 3.63) is 76.3 Å². The maximum atomic E-state index is 11.9. The fourth-order valence-corrected chi connectivity index (χ4v) is 5.57. The average molecular weight is 541 g/mol. The van der Waals surface area contributed by atoms with Crippen molar-refractivity contribution in [3.8, 4) is 17.5 Å². The largest absolute Gasteiger partial charge is 0.494 e. The van der Waals surface area contributed by atoms with Crippen LogP contribution in [-0.4, -0.2) is 43.9 Å². The molecule has 1 aliphatic rings. The van der Waals surface area contributed by atoms with E-state index in [0.29, 0.717) is 30.6 Å². The Hall–Kier alpha value is -3.16. The summed E-state index contributed by atoms with van der Waals surface area (Å²) in [6.07, 6.45) is 5.62. The average Bonchev–Trinajstić information content (AvgIpc) is 3.53. The first-order valence-electron chi connectivity index (χ1n) is 13.4. The van der Waals surface area contributed by atoms with Crippen molar-refractivity contribution in [2.45, 2.75) is 64.6 Å². The van der Waals surface area contributed by atoms with Gasteiger partial charge in [0, 0.05) is 36.3 Å². The molecule has 1 atom stereocenters. The maximum absolute atomic E-state index is 11.9. The lowest BCUT2D eigenvalue weighted by Crippen LogP contribution is -2.34. The number of nitrogens with zero attached hydrogens (tertiary/aromatic N) is 2. The number of rotatable bonds is 13. The first kappa shape index (κ1) is 27.9. The summed E-state index contributed by atoms with van der Waals surface area (Å²) in [5, 5.41) is 30.1. The van der Waals surface area contributed by atoms with Crippen molar-refractivity contribution >= 4 is 17.6 Å². The molecule has 4 rings (SSSR count). The van der Waals surface area contributed by atoms with Crippen LogP contribution in [0.3, 0.4) is 0 Å². The summed E-state index contributed by atoms with van der Waals surface area (Å²) in [6, 6.07) is 16.3. The maximum Gasteiger partial charge on any atom is 0.305 e. The van der Waals surface area contributed by atoms with Crippen LogP contribution < -0.4 is 4.74 Å². The van der Waals surface area contributed by atoms with Crippen LogP contribution in [0.4, 0.5) is 0 Å². The van der Waals surface area contributed by atoms with Crippen LogP contribution in [-0.2, 0) is 24.3 Å². The van der Waals surface area contributed by atoms with Crippen molar-refractivity contribution in [1.29, 1.82) is 0 Å². The molecule has 0 unspecified atom stereocenters. The van der Waals surface area contributed by atoms with Gasteiger partial charge in [0.2, 0.25) is 0 Å². The molecule has 1 aromatic heterocycles. The van der Waals surface area contributed by atoms with E-state index in [2.05, 4.69) is 17.9 Å². The topological polar surface area (TPSA) is 95.2 Å². The number of carboxylic acid groups (broad SMARTS) is 1. The highest BCUT2D eigenvalue weighted by Gasteiger charge is 2.27. The van der Waals surface area contributed by atoms with E-state index >= 15 is 0 Å². The highest BCUT2D eigenvalue weighted by molar-refractivity contribution is 6.30. The molecule has 2 aromatic carbocycles. The molecular weight excluding hydrogens is 504 g/mol. The van der Waals surface area contributed by atoms with Crippen LogP contribution >= 0.6 is 11.6 Å². The lowest BCUT2D eigenvalue weighted by atomic mass is 9.98. The van der Waals surface area contributed by atoms with Crippen molar-refractivity contribution in [3.63, 3.8) is 0 Å². The van der Waals surface area contributed by atoms with Gasteiger partial charge in [0.25, 0.3) is 0 Å². The van der Waals surface area contributed by atoms with Crippen molar-refractivity contribution in [2.75, 3.05) is 13.2 Å². The molecule has 0 amide bonds. The van der Waals surface area contributed by atoms with E-state index in [1.807, 2.05) is 36.4 Å². The van der Waals surface area contributed by atoms with Gasteiger partial charge in [0.1, 0.15) is 12.4 Å². The molecule has 7 nitrogen and oxygen atoms in total. The summed E-state index contributed by atoms with van der Waals surface area (Å²) < 4.78 is 7.40. The molecule has 0 bridgehead atoms. The Balaban J connectivity index is 1.53. The number of halogens is 1. The summed E-state index contributed by atoms with van der Waals surface area (Å²) in [7, 11) is 0. The number of aliphatic carboxylic acids is 1. The summed E-state index contributed by atoms with van der Waals surface area (Å²) in [6.45, 7) is 4.18. The van der Waals surface area contributed by atoms with E-state index < -0.39 is 5.97 Å². The Morgan fingerprint density at radius 3 is 2.39 bits per heavy atom. The minimum absolute atomic E-state index is 0.00359. The summed E-state index contributed by atoms with van der Waals surface area (Å²) in [4.78, 5) is 14.2. The third-order valence-electron chi connectivity index (χ3n) is 7.43. The lowest BCUT2D eigenvalue weighted by Gasteiger charge is -2.33. The molecule has 8 heteroatoms. The van der Waals surface area contributed by atoms with E-state index in [1.165, 1.54) is 42.4 Å². The smallest absolute Gasteiger partial charge is 0.305 e. The number of carbonyl (C=O) groups is 1. The Kier molecular flexibility index (Phi) is 9.58. The Labute approximate surface area is 229 Å². The van der Waals surface area contributed by atoms with Gasteiger partial charge in [0.15, 0.2) is 11.8 Å². The quantitative estimate of drug-likeness (QED) is 0.232. The van der Waals surface area contributed by atoms with Gasteiger partial charge < -0.3 is 20.1 Å². The summed E-state index contributed by atoms with van der Waals surface area (Å²) in [5.41, 5.74) is 3.13. The van der Waals surface area contributed by atoms with Gasteiger partial charge in [-0.3, -0.25) is 14.3 Å². The second-order valence-electron chi connectivity index (χ2n) is 10.1. The summed E-state index contributed by atoms with van der Waals surface area (Å²) in [5.74, 6) is 0.504. The number of aromatic nitrogens is 1. The van der Waals surface area contributed by atoms with Crippen LogP contribution in [0.1, 0.15) is 61.8 Å². The van der Waals surface area contributed by atoms with Gasteiger partial charge in [-0.15, -0.1) is 0 Å². The normalized spacial score (nSPS) is 14.7. The SMILES string of the molecule is CCc1cc(CN(CC2CCCC2)[C@H](CC(=O)O)c2ccc(Cl)cc2)ccc1OCCn1c(O)ccc1O. The van der Waals surface area contributed by atoms with Crippen LogP contribution in [0, 0.1) is 5.92 Å². The zero-order valence-electron chi connectivity index (χ0n) is 21.9. The third kappa shape index (κ3) is 7.23. The minimum Gasteiger partial charge on any atom is -0.494 e. The number of benzene rings is 2. The molecule has 1 fully saturated rings. The van der Waals surface area contributed by atoms with E-state index in [1.54, 1.807) is 0 Å². The minimum atomic E-state index is -0.820. The molecule has 0 spiro atoms. The van der Waals surface area contributed by atoms with Crippen LogP contribution in [0.15, 0.2) is 54.6 Å². The van der Waals surface area contributed by atoms with Gasteiger partial charge in [-0.1, -0.05) is 55.6 Å². The Morgan fingerprint density at radius 2 is 1.76 bits per heavy atom. The molecule has 1 saturated carbocycles. The van der Waals surface area contributed by atoms with E-state index in [4.69, 9.17) is 16.3 Å². The first-order chi connectivity index (χ1) is 18.3. The van der Waals surface area contributed by atoms with E-state index in [-0.39, 0.29) is 24.2 Å². The molecule has 38 heavy (non-hydrogen) atoms. The third-order valence-corrected chi connectivity index (χ3v) is 7.68. The second-order valence-corrected chi connectivity index (χ2v) is 10.5. The number of aryl methyl sites for hydroxylation is 1. The van der Waals surface area contributed by atoms with Gasteiger partial charge >= 0.3 is 5.97 Å². The predicted octanol–water partition coefficient (Wildman–Crippen LogP) is 6.40.